The molecule has 20 heavy (non-hydrogen) atoms. The van der Waals surface area contributed by atoms with E-state index in [2.05, 4.69) is 38.2 Å². The molecule has 6 heteroatoms. The predicted molar refractivity (Wildman–Crippen MR) is 85.7 cm³/mol. The van der Waals surface area contributed by atoms with Gasteiger partial charge in [0.1, 0.15) is 16.5 Å². The second kappa shape index (κ2) is 5.87. The van der Waals surface area contributed by atoms with Crippen LogP contribution in [0.4, 0.5) is 5.82 Å². The highest BCUT2D eigenvalue weighted by molar-refractivity contribution is 7.18. The van der Waals surface area contributed by atoms with Crippen molar-refractivity contribution in [3.8, 4) is 10.4 Å². The van der Waals surface area contributed by atoms with Crippen LogP contribution in [0.25, 0.3) is 20.7 Å². The van der Waals surface area contributed by atoms with Gasteiger partial charge in [0.05, 0.1) is 5.39 Å². The van der Waals surface area contributed by atoms with E-state index in [4.69, 9.17) is 5.11 Å². The van der Waals surface area contributed by atoms with Gasteiger partial charge in [-0.3, -0.25) is 0 Å². The molecule has 0 fully saturated rings. The number of fused-ring (bicyclic) bond motifs is 1. The fraction of sp³-hybridized carbons (Fsp3) is 0.286. The maximum absolute atomic E-state index is 8.91. The van der Waals surface area contributed by atoms with Crippen LogP contribution in [0.3, 0.4) is 0 Å². The Kier molecular flexibility index (Phi) is 3.95. The van der Waals surface area contributed by atoms with Gasteiger partial charge >= 0.3 is 0 Å². The van der Waals surface area contributed by atoms with Gasteiger partial charge in [0.15, 0.2) is 0 Å². The van der Waals surface area contributed by atoms with Crippen LogP contribution in [0, 0.1) is 6.92 Å². The summed E-state index contributed by atoms with van der Waals surface area (Å²) < 4.78 is 0. The molecule has 0 radical (unpaired) electrons. The van der Waals surface area contributed by atoms with Crippen LogP contribution in [0.5, 0.6) is 0 Å². The summed E-state index contributed by atoms with van der Waals surface area (Å²) >= 11 is 3.37. The van der Waals surface area contributed by atoms with Crippen LogP contribution < -0.4 is 5.32 Å². The summed E-state index contributed by atoms with van der Waals surface area (Å²) in [7, 11) is 0. The number of rotatable bonds is 5. The van der Waals surface area contributed by atoms with Crippen molar-refractivity contribution in [1.29, 1.82) is 0 Å². The lowest BCUT2D eigenvalue weighted by atomic mass is 10.2. The van der Waals surface area contributed by atoms with E-state index in [1.54, 1.807) is 22.7 Å². The summed E-state index contributed by atoms with van der Waals surface area (Å²) in [6, 6.07) is 4.17. The second-order valence-electron chi connectivity index (χ2n) is 4.43. The van der Waals surface area contributed by atoms with E-state index < -0.39 is 0 Å². The molecule has 4 nitrogen and oxygen atoms in total. The molecule has 0 aliphatic rings. The number of hydrogen-bond donors (Lipinski definition) is 2. The van der Waals surface area contributed by atoms with Gasteiger partial charge in [-0.15, -0.1) is 22.7 Å². The number of anilines is 1. The van der Waals surface area contributed by atoms with Crippen LogP contribution >= 0.6 is 22.7 Å². The van der Waals surface area contributed by atoms with Crippen molar-refractivity contribution in [2.75, 3.05) is 18.5 Å². The average Bonchev–Trinajstić information content (AvgIpc) is 3.06. The Morgan fingerprint density at radius 3 is 2.95 bits per heavy atom. The molecule has 0 amide bonds. The van der Waals surface area contributed by atoms with E-state index in [9.17, 15) is 0 Å². The molecule has 0 bridgehead atoms. The first-order valence-corrected chi connectivity index (χ1v) is 8.20. The molecule has 3 aromatic rings. The van der Waals surface area contributed by atoms with Crippen molar-refractivity contribution in [2.45, 2.75) is 13.3 Å². The second-order valence-corrected chi connectivity index (χ2v) is 6.24. The van der Waals surface area contributed by atoms with Gasteiger partial charge in [-0.2, -0.15) is 0 Å². The number of aliphatic hydroxyl groups excluding tert-OH is 1. The topological polar surface area (TPSA) is 58.0 Å². The Morgan fingerprint density at radius 1 is 1.30 bits per heavy atom. The molecule has 3 heterocycles. The molecule has 0 spiro atoms. The highest BCUT2D eigenvalue weighted by atomic mass is 32.1. The maximum Gasteiger partial charge on any atom is 0.139 e. The lowest BCUT2D eigenvalue weighted by Gasteiger charge is -2.08. The third-order valence-corrected chi connectivity index (χ3v) is 4.73. The summed E-state index contributed by atoms with van der Waals surface area (Å²) in [5.41, 5.74) is 1.19. The van der Waals surface area contributed by atoms with Gasteiger partial charge in [-0.25, -0.2) is 9.97 Å². The fourth-order valence-electron chi connectivity index (χ4n) is 2.08. The minimum Gasteiger partial charge on any atom is -0.396 e. The summed E-state index contributed by atoms with van der Waals surface area (Å²) in [4.78, 5) is 11.3. The number of aliphatic hydroxyl groups is 1. The number of hydrogen-bond acceptors (Lipinski definition) is 6. The van der Waals surface area contributed by atoms with Crippen LogP contribution in [0.15, 0.2) is 22.9 Å². The summed E-state index contributed by atoms with van der Waals surface area (Å²) in [5.74, 6) is 1.63. The van der Waals surface area contributed by atoms with Crippen LogP contribution in [0.1, 0.15) is 12.2 Å². The summed E-state index contributed by atoms with van der Waals surface area (Å²) in [6.07, 6.45) is 0.711. The van der Waals surface area contributed by atoms with Crippen LogP contribution in [-0.2, 0) is 0 Å². The molecular weight excluding hydrogens is 290 g/mol. The van der Waals surface area contributed by atoms with E-state index in [1.165, 1.54) is 10.4 Å². The molecule has 0 atom stereocenters. The first-order valence-electron chi connectivity index (χ1n) is 6.44. The Labute approximate surface area is 125 Å². The maximum atomic E-state index is 8.91. The Hall–Kier alpha value is -1.50. The van der Waals surface area contributed by atoms with Crippen LogP contribution in [0.2, 0.25) is 0 Å². The molecule has 0 saturated carbocycles. The first-order chi connectivity index (χ1) is 9.79. The van der Waals surface area contributed by atoms with E-state index in [1.807, 2.05) is 6.92 Å². The van der Waals surface area contributed by atoms with Gasteiger partial charge in [-0.1, -0.05) is 6.07 Å². The molecule has 2 N–H and O–H groups in total. The summed E-state index contributed by atoms with van der Waals surface area (Å²) in [6.45, 7) is 2.80. The normalized spacial score (nSPS) is 11.1. The minimum absolute atomic E-state index is 0.182. The zero-order valence-corrected chi connectivity index (χ0v) is 12.7. The van der Waals surface area contributed by atoms with Gasteiger partial charge in [0, 0.05) is 29.0 Å². The number of aryl methyl sites for hydroxylation is 1. The molecule has 3 rings (SSSR count). The van der Waals surface area contributed by atoms with E-state index in [0.717, 1.165) is 21.9 Å². The molecule has 0 aliphatic carbocycles. The third-order valence-electron chi connectivity index (χ3n) is 2.96. The number of thiophene rings is 2. The van der Waals surface area contributed by atoms with Crippen molar-refractivity contribution < 1.29 is 5.11 Å². The van der Waals surface area contributed by atoms with Gasteiger partial charge in [-0.05, 0) is 24.8 Å². The van der Waals surface area contributed by atoms with E-state index >= 15 is 0 Å². The summed E-state index contributed by atoms with van der Waals surface area (Å²) in [5, 5.41) is 17.5. The van der Waals surface area contributed by atoms with Crippen molar-refractivity contribution in [3.05, 3.63) is 28.7 Å². The largest absolute Gasteiger partial charge is 0.396 e. The number of nitrogens with one attached hydrogen (secondary N) is 1. The highest BCUT2D eigenvalue weighted by Gasteiger charge is 2.14. The molecular formula is C14H15N3OS2. The zero-order chi connectivity index (χ0) is 13.9. The molecule has 0 saturated heterocycles. The smallest absolute Gasteiger partial charge is 0.139 e. The monoisotopic (exact) mass is 305 g/mol. The molecule has 0 aliphatic heterocycles. The van der Waals surface area contributed by atoms with E-state index in [-0.39, 0.29) is 6.61 Å². The Bertz CT molecular complexity index is 707. The molecule has 0 unspecified atom stereocenters. The molecule has 104 valence electrons. The van der Waals surface area contributed by atoms with Crippen molar-refractivity contribution in [3.63, 3.8) is 0 Å². The van der Waals surface area contributed by atoms with Crippen molar-refractivity contribution in [1.82, 2.24) is 9.97 Å². The first kappa shape index (κ1) is 13.5. The minimum atomic E-state index is 0.182. The van der Waals surface area contributed by atoms with Gasteiger partial charge in [0.25, 0.3) is 0 Å². The Morgan fingerprint density at radius 2 is 2.20 bits per heavy atom. The van der Waals surface area contributed by atoms with Crippen molar-refractivity contribution in [2.24, 2.45) is 0 Å². The highest BCUT2D eigenvalue weighted by Crippen LogP contribution is 2.38. The quantitative estimate of drug-likeness (QED) is 0.708. The van der Waals surface area contributed by atoms with Crippen molar-refractivity contribution >= 4 is 38.7 Å². The standard InChI is InChI=1S/C14H15N3OS2/c1-9-16-13(15-5-3-6-18)12-10(8-20-14(12)17-9)11-4-2-7-19-11/h2,4,7-8,18H,3,5-6H2,1H3,(H,15,16,17). The average molecular weight is 305 g/mol. The van der Waals surface area contributed by atoms with Gasteiger partial charge < -0.3 is 10.4 Å². The lowest BCUT2D eigenvalue weighted by molar-refractivity contribution is 0.292. The SMILES string of the molecule is Cc1nc(NCCCO)c2c(-c3cccs3)csc2n1. The van der Waals surface area contributed by atoms with E-state index in [0.29, 0.717) is 13.0 Å². The van der Waals surface area contributed by atoms with Gasteiger partial charge in [0.2, 0.25) is 0 Å². The fourth-order valence-corrected chi connectivity index (χ4v) is 3.88. The Balaban J connectivity index is 2.09. The van der Waals surface area contributed by atoms with Crippen LogP contribution in [-0.4, -0.2) is 28.2 Å². The third kappa shape index (κ3) is 2.54. The number of nitrogens with zero attached hydrogens (tertiary/aromatic N) is 2. The predicted octanol–water partition coefficient (Wildman–Crippen LogP) is 3.52. The molecule has 3 aromatic heterocycles. The zero-order valence-electron chi connectivity index (χ0n) is 11.1. The lowest BCUT2D eigenvalue weighted by Crippen LogP contribution is -2.06. The number of aromatic nitrogens is 2. The molecule has 0 aromatic carbocycles.